The number of hydrogen-bond acceptors (Lipinski definition) is 6. The Balaban J connectivity index is 1.62. The average Bonchev–Trinajstić information content (AvgIpc) is 2.84. The second-order valence-electron chi connectivity index (χ2n) is 7.02. The molecule has 2 N–H and O–H groups in total. The second kappa shape index (κ2) is 11.2. The average molecular weight is 483 g/mol. The largest absolute Gasteiger partial charge is 0.494 e. The Bertz CT molecular complexity index is 1250. The van der Waals surface area contributed by atoms with Crippen LogP contribution in [0.4, 0.5) is 11.4 Å². The molecule has 0 aliphatic carbocycles. The molecule has 0 saturated heterocycles. The summed E-state index contributed by atoms with van der Waals surface area (Å²) < 4.78 is 43.6. The van der Waals surface area contributed by atoms with E-state index in [1.807, 2.05) is 6.92 Å². The topological polar surface area (TPSA) is 103 Å². The summed E-state index contributed by atoms with van der Waals surface area (Å²) in [4.78, 5) is 12.3. The van der Waals surface area contributed by atoms with E-state index in [0.717, 1.165) is 5.56 Å². The zero-order valence-corrected chi connectivity index (χ0v) is 19.9. The Morgan fingerprint density at radius 3 is 2.15 bits per heavy atom. The van der Waals surface area contributed by atoms with Gasteiger partial charge in [0.15, 0.2) is 11.5 Å². The monoisotopic (exact) mass is 482 g/mol. The molecule has 0 bridgehead atoms. The smallest absolute Gasteiger partial charge is 0.261 e. The quantitative estimate of drug-likeness (QED) is 0.411. The highest BCUT2D eigenvalue weighted by Gasteiger charge is 2.14. The van der Waals surface area contributed by atoms with E-state index in [2.05, 4.69) is 10.0 Å². The maximum absolute atomic E-state index is 12.6. The fourth-order valence-corrected chi connectivity index (χ4v) is 4.09. The van der Waals surface area contributed by atoms with Gasteiger partial charge in [0, 0.05) is 17.5 Å². The summed E-state index contributed by atoms with van der Waals surface area (Å²) in [6.45, 7) is 2.40. The minimum atomic E-state index is -3.78. The lowest BCUT2D eigenvalue weighted by molar-refractivity contribution is -0.111. The molecule has 0 heterocycles. The second-order valence-corrected chi connectivity index (χ2v) is 8.71. The molecule has 9 heteroatoms. The number of rotatable bonds is 10. The molecule has 3 rings (SSSR count). The third kappa shape index (κ3) is 6.52. The third-order valence-corrected chi connectivity index (χ3v) is 6.08. The van der Waals surface area contributed by atoms with Gasteiger partial charge < -0.3 is 19.5 Å². The number of sulfonamides is 1. The van der Waals surface area contributed by atoms with Gasteiger partial charge in [0.25, 0.3) is 10.0 Å². The van der Waals surface area contributed by atoms with Gasteiger partial charge in [-0.05, 0) is 79.2 Å². The molecule has 3 aromatic rings. The number of nitrogens with one attached hydrogen (secondary N) is 2. The van der Waals surface area contributed by atoms with Crippen LogP contribution in [0, 0.1) is 0 Å². The number of hydrogen-bond donors (Lipinski definition) is 2. The first-order valence-corrected chi connectivity index (χ1v) is 11.9. The van der Waals surface area contributed by atoms with Crippen molar-refractivity contribution in [3.63, 3.8) is 0 Å². The van der Waals surface area contributed by atoms with Gasteiger partial charge in [-0.25, -0.2) is 8.42 Å². The van der Waals surface area contributed by atoms with E-state index in [0.29, 0.717) is 35.2 Å². The maximum Gasteiger partial charge on any atom is 0.261 e. The molecule has 0 spiro atoms. The van der Waals surface area contributed by atoms with Gasteiger partial charge in [-0.2, -0.15) is 0 Å². The van der Waals surface area contributed by atoms with E-state index < -0.39 is 10.0 Å². The maximum atomic E-state index is 12.6. The van der Waals surface area contributed by atoms with Crippen LogP contribution in [-0.4, -0.2) is 35.2 Å². The lowest BCUT2D eigenvalue weighted by atomic mass is 10.2. The first-order valence-electron chi connectivity index (χ1n) is 10.4. The van der Waals surface area contributed by atoms with Crippen molar-refractivity contribution in [2.24, 2.45) is 0 Å². The highest BCUT2D eigenvalue weighted by Crippen LogP contribution is 2.28. The normalized spacial score (nSPS) is 11.1. The van der Waals surface area contributed by atoms with Crippen molar-refractivity contribution in [1.82, 2.24) is 0 Å². The van der Waals surface area contributed by atoms with Crippen LogP contribution in [0.15, 0.2) is 77.7 Å². The fourth-order valence-electron chi connectivity index (χ4n) is 3.03. The molecule has 3 aromatic carbocycles. The van der Waals surface area contributed by atoms with Gasteiger partial charge in [0.2, 0.25) is 5.91 Å². The number of benzene rings is 3. The molecule has 0 aliphatic heterocycles. The molecule has 0 saturated carbocycles. The van der Waals surface area contributed by atoms with Crippen molar-refractivity contribution >= 4 is 33.4 Å². The standard InChI is InChI=1S/C25H26N2O6S/c1-4-33-21-11-7-20(8-12-21)27-34(29,30)22-13-9-19(10-14-22)26-25(28)16-6-18-5-15-23(31-2)24(17-18)32-3/h5-17,27H,4H2,1-3H3,(H,26,28)/b16-6+. The molecule has 0 aliphatic rings. The van der Waals surface area contributed by atoms with Crippen LogP contribution in [0.2, 0.25) is 0 Å². The summed E-state index contributed by atoms with van der Waals surface area (Å²) in [5.74, 6) is 1.44. The van der Waals surface area contributed by atoms with E-state index >= 15 is 0 Å². The van der Waals surface area contributed by atoms with Gasteiger partial charge in [-0.3, -0.25) is 9.52 Å². The van der Waals surface area contributed by atoms with Gasteiger partial charge >= 0.3 is 0 Å². The summed E-state index contributed by atoms with van der Waals surface area (Å²) in [6.07, 6.45) is 3.01. The van der Waals surface area contributed by atoms with Crippen molar-refractivity contribution in [1.29, 1.82) is 0 Å². The zero-order chi connectivity index (χ0) is 24.6. The van der Waals surface area contributed by atoms with E-state index in [1.54, 1.807) is 55.7 Å². The van der Waals surface area contributed by atoms with Crippen LogP contribution in [-0.2, 0) is 14.8 Å². The molecular weight excluding hydrogens is 456 g/mol. The van der Waals surface area contributed by atoms with E-state index in [4.69, 9.17) is 14.2 Å². The minimum absolute atomic E-state index is 0.0697. The number of carbonyl (C=O) groups excluding carboxylic acids is 1. The SMILES string of the molecule is CCOc1ccc(NS(=O)(=O)c2ccc(NC(=O)/C=C/c3ccc(OC)c(OC)c3)cc2)cc1. The lowest BCUT2D eigenvalue weighted by Gasteiger charge is -2.10. The molecule has 178 valence electrons. The van der Waals surface area contributed by atoms with E-state index in [1.165, 1.54) is 37.5 Å². The van der Waals surface area contributed by atoms with Crippen LogP contribution >= 0.6 is 0 Å². The Morgan fingerprint density at radius 1 is 0.882 bits per heavy atom. The molecule has 0 unspecified atom stereocenters. The van der Waals surface area contributed by atoms with Gasteiger partial charge in [-0.15, -0.1) is 0 Å². The highest BCUT2D eigenvalue weighted by molar-refractivity contribution is 7.92. The van der Waals surface area contributed by atoms with Crippen molar-refractivity contribution in [3.05, 3.63) is 78.4 Å². The van der Waals surface area contributed by atoms with Crippen LogP contribution in [0.1, 0.15) is 12.5 Å². The summed E-state index contributed by atoms with van der Waals surface area (Å²) in [5.41, 5.74) is 1.64. The third-order valence-electron chi connectivity index (χ3n) is 4.68. The molecule has 1 amide bonds. The van der Waals surface area contributed by atoms with E-state index in [9.17, 15) is 13.2 Å². The van der Waals surface area contributed by atoms with Crippen molar-refractivity contribution in [2.75, 3.05) is 30.9 Å². The number of anilines is 2. The molecule has 0 radical (unpaired) electrons. The Morgan fingerprint density at radius 2 is 1.53 bits per heavy atom. The van der Waals surface area contributed by atoms with Crippen LogP contribution in [0.5, 0.6) is 17.2 Å². The van der Waals surface area contributed by atoms with E-state index in [-0.39, 0.29) is 10.8 Å². The van der Waals surface area contributed by atoms with Crippen molar-refractivity contribution in [3.8, 4) is 17.2 Å². The van der Waals surface area contributed by atoms with Crippen molar-refractivity contribution < 1.29 is 27.4 Å². The number of methoxy groups -OCH3 is 2. The highest BCUT2D eigenvalue weighted by atomic mass is 32.2. The summed E-state index contributed by atoms with van der Waals surface area (Å²) in [7, 11) is -0.696. The summed E-state index contributed by atoms with van der Waals surface area (Å²) >= 11 is 0. The van der Waals surface area contributed by atoms with Gasteiger partial charge in [-0.1, -0.05) is 6.07 Å². The predicted octanol–water partition coefficient (Wildman–Crippen LogP) is 4.56. The Kier molecular flexibility index (Phi) is 8.15. The van der Waals surface area contributed by atoms with Crippen LogP contribution < -0.4 is 24.2 Å². The first-order chi connectivity index (χ1) is 16.3. The van der Waals surface area contributed by atoms with Crippen molar-refractivity contribution in [2.45, 2.75) is 11.8 Å². The fraction of sp³-hybridized carbons (Fsp3) is 0.160. The molecule has 0 atom stereocenters. The molecule has 0 aromatic heterocycles. The zero-order valence-electron chi connectivity index (χ0n) is 19.1. The van der Waals surface area contributed by atoms with Gasteiger partial charge in [0.1, 0.15) is 5.75 Å². The number of ether oxygens (including phenoxy) is 3. The predicted molar refractivity (Wildman–Crippen MR) is 132 cm³/mol. The molecule has 0 fully saturated rings. The van der Waals surface area contributed by atoms with Crippen LogP contribution in [0.3, 0.4) is 0 Å². The summed E-state index contributed by atoms with van der Waals surface area (Å²) in [6, 6.07) is 17.8. The molecule has 8 nitrogen and oxygen atoms in total. The minimum Gasteiger partial charge on any atom is -0.494 e. The van der Waals surface area contributed by atoms with Crippen LogP contribution in [0.25, 0.3) is 6.08 Å². The molecule has 34 heavy (non-hydrogen) atoms. The van der Waals surface area contributed by atoms with Gasteiger partial charge in [0.05, 0.1) is 25.7 Å². The summed E-state index contributed by atoms with van der Waals surface area (Å²) in [5, 5.41) is 2.70. The Labute approximate surface area is 199 Å². The Hall–Kier alpha value is -3.98. The number of amides is 1. The molecular formula is C25H26N2O6S. The first kappa shape index (κ1) is 24.7. The lowest BCUT2D eigenvalue weighted by Crippen LogP contribution is -2.13. The number of carbonyl (C=O) groups is 1.